The van der Waals surface area contributed by atoms with E-state index in [9.17, 15) is 18.0 Å². The van der Waals surface area contributed by atoms with Crippen LogP contribution in [0.25, 0.3) is 10.9 Å². The van der Waals surface area contributed by atoms with Crippen LogP contribution in [0.4, 0.5) is 13.2 Å². The van der Waals surface area contributed by atoms with Crippen LogP contribution in [0.1, 0.15) is 16.4 Å². The molecule has 0 aliphatic carbocycles. The first kappa shape index (κ1) is 17.6. The second-order valence-electron chi connectivity index (χ2n) is 5.10. The van der Waals surface area contributed by atoms with Crippen molar-refractivity contribution in [2.45, 2.75) is 28.9 Å². The summed E-state index contributed by atoms with van der Waals surface area (Å²) in [6, 6.07) is 6.47. The van der Waals surface area contributed by atoms with E-state index in [0.29, 0.717) is 20.3 Å². The number of nitrogens with zero attached hydrogens (tertiary/aromatic N) is 3. The Bertz CT molecular complexity index is 956. The molecule has 2 aromatic heterocycles. The molecule has 0 aliphatic rings. The van der Waals surface area contributed by atoms with Crippen LogP contribution >= 0.6 is 23.1 Å². The summed E-state index contributed by atoms with van der Waals surface area (Å²) in [4.78, 5) is 23.3. The number of nitrogens with two attached hydrogens (primary N) is 1. The highest BCUT2D eigenvalue weighted by Crippen LogP contribution is 2.37. The first-order valence-electron chi connectivity index (χ1n) is 7.00. The fourth-order valence-electron chi connectivity index (χ4n) is 2.10. The van der Waals surface area contributed by atoms with Crippen molar-refractivity contribution in [1.82, 2.24) is 15.0 Å². The second-order valence-corrected chi connectivity index (χ2v) is 7.42. The van der Waals surface area contributed by atoms with Gasteiger partial charge in [-0.15, -0.1) is 11.3 Å². The molecule has 0 fully saturated rings. The lowest BCUT2D eigenvalue weighted by Gasteiger charge is -2.09. The zero-order valence-electron chi connectivity index (χ0n) is 12.8. The van der Waals surface area contributed by atoms with Crippen molar-refractivity contribution in [2.75, 3.05) is 0 Å². The van der Waals surface area contributed by atoms with Gasteiger partial charge in [-0.1, -0.05) is 18.2 Å². The van der Waals surface area contributed by atoms with Crippen LogP contribution in [0, 0.1) is 6.92 Å². The lowest BCUT2D eigenvalue weighted by Crippen LogP contribution is -2.13. The van der Waals surface area contributed by atoms with E-state index in [1.807, 2.05) is 0 Å². The van der Waals surface area contributed by atoms with Crippen molar-refractivity contribution >= 4 is 39.9 Å². The van der Waals surface area contributed by atoms with Gasteiger partial charge >= 0.3 is 6.18 Å². The molecule has 5 nitrogen and oxygen atoms in total. The smallest absolute Gasteiger partial charge is 0.369 e. The number of thiazole rings is 1. The molecule has 0 saturated heterocycles. The Kier molecular flexibility index (Phi) is 4.65. The number of benzene rings is 1. The minimum absolute atomic E-state index is 0.0440. The van der Waals surface area contributed by atoms with E-state index in [1.54, 1.807) is 25.1 Å². The van der Waals surface area contributed by atoms with Crippen LogP contribution < -0.4 is 5.73 Å². The minimum Gasteiger partial charge on any atom is -0.369 e. The van der Waals surface area contributed by atoms with Crippen molar-refractivity contribution in [3.05, 3.63) is 40.7 Å². The number of halogens is 3. The molecule has 130 valence electrons. The standard InChI is InChI=1S/C15H11F3N4OS2/c1-7-10(6-11(19)23)24-14(20-7)25-12-8-4-2-3-5-9(8)21-13(22-12)15(16,17)18/h2-5H,6H2,1H3,(H2,19,23). The molecule has 0 bridgehead atoms. The van der Waals surface area contributed by atoms with Gasteiger partial charge in [0.25, 0.3) is 0 Å². The monoisotopic (exact) mass is 384 g/mol. The third-order valence-electron chi connectivity index (χ3n) is 3.21. The number of rotatable bonds is 4. The molecule has 10 heteroatoms. The topological polar surface area (TPSA) is 81.8 Å². The predicted molar refractivity (Wildman–Crippen MR) is 88.4 cm³/mol. The molecule has 0 spiro atoms. The van der Waals surface area contributed by atoms with Crippen molar-refractivity contribution in [1.29, 1.82) is 0 Å². The Morgan fingerprint density at radius 3 is 2.64 bits per heavy atom. The molecule has 2 N–H and O–H groups in total. The van der Waals surface area contributed by atoms with E-state index in [-0.39, 0.29) is 17.0 Å². The highest BCUT2D eigenvalue weighted by atomic mass is 32.2. The third-order valence-corrected chi connectivity index (χ3v) is 5.44. The number of aryl methyl sites for hydroxylation is 1. The van der Waals surface area contributed by atoms with Gasteiger partial charge in [0.2, 0.25) is 11.7 Å². The fraction of sp³-hybridized carbons (Fsp3) is 0.200. The maximum Gasteiger partial charge on any atom is 0.451 e. The molecule has 3 aromatic rings. The number of aromatic nitrogens is 3. The lowest BCUT2D eigenvalue weighted by atomic mass is 10.2. The molecular weight excluding hydrogens is 373 g/mol. The van der Waals surface area contributed by atoms with E-state index in [2.05, 4.69) is 15.0 Å². The highest BCUT2D eigenvalue weighted by Gasteiger charge is 2.35. The summed E-state index contributed by atoms with van der Waals surface area (Å²) >= 11 is 2.23. The predicted octanol–water partition coefficient (Wildman–Crippen LogP) is 3.59. The van der Waals surface area contributed by atoms with Crippen LogP contribution in [-0.2, 0) is 17.4 Å². The summed E-state index contributed by atoms with van der Waals surface area (Å²) in [5, 5.41) is 0.669. The van der Waals surface area contributed by atoms with E-state index >= 15 is 0 Å². The van der Waals surface area contributed by atoms with E-state index in [1.165, 1.54) is 17.4 Å². The summed E-state index contributed by atoms with van der Waals surface area (Å²) in [6.07, 6.45) is -4.60. The number of hydrogen-bond acceptors (Lipinski definition) is 6. The number of fused-ring (bicyclic) bond motifs is 1. The number of primary amides is 1. The first-order chi connectivity index (χ1) is 11.7. The molecule has 2 heterocycles. The SMILES string of the molecule is Cc1nc(Sc2nc(C(F)(F)F)nc3ccccc23)sc1CC(N)=O. The fourth-order valence-corrected chi connectivity index (χ4v) is 4.37. The van der Waals surface area contributed by atoms with Crippen molar-refractivity contribution in [3.63, 3.8) is 0 Å². The maximum atomic E-state index is 13.0. The van der Waals surface area contributed by atoms with Crippen LogP contribution in [-0.4, -0.2) is 20.9 Å². The van der Waals surface area contributed by atoms with Gasteiger partial charge in [0.05, 0.1) is 17.6 Å². The summed E-state index contributed by atoms with van der Waals surface area (Å²) in [5.41, 5.74) is 6.02. The lowest BCUT2D eigenvalue weighted by molar-refractivity contribution is -0.145. The Labute approximate surface area is 148 Å². The van der Waals surface area contributed by atoms with Gasteiger partial charge in [0, 0.05) is 10.3 Å². The van der Waals surface area contributed by atoms with Gasteiger partial charge < -0.3 is 5.73 Å². The van der Waals surface area contributed by atoms with Gasteiger partial charge in [-0.2, -0.15) is 13.2 Å². The molecule has 0 unspecified atom stereocenters. The molecular formula is C15H11F3N4OS2. The Morgan fingerprint density at radius 2 is 1.96 bits per heavy atom. The maximum absolute atomic E-state index is 13.0. The van der Waals surface area contributed by atoms with Crippen molar-refractivity contribution < 1.29 is 18.0 Å². The molecule has 0 atom stereocenters. The molecule has 0 aliphatic heterocycles. The minimum atomic E-state index is -4.64. The quantitative estimate of drug-likeness (QED) is 0.695. The zero-order chi connectivity index (χ0) is 18.2. The van der Waals surface area contributed by atoms with Gasteiger partial charge in [0.15, 0.2) is 4.34 Å². The number of carbonyl (C=O) groups is 1. The summed E-state index contributed by atoms with van der Waals surface area (Å²) in [7, 11) is 0. The third kappa shape index (κ3) is 3.90. The second kappa shape index (κ2) is 6.60. The van der Waals surface area contributed by atoms with Gasteiger partial charge in [-0.3, -0.25) is 4.79 Å². The van der Waals surface area contributed by atoms with Crippen molar-refractivity contribution in [2.24, 2.45) is 5.73 Å². The van der Waals surface area contributed by atoms with Crippen LogP contribution in [0.2, 0.25) is 0 Å². The van der Waals surface area contributed by atoms with E-state index in [0.717, 1.165) is 11.8 Å². The number of amides is 1. The number of hydrogen-bond donors (Lipinski definition) is 1. The molecule has 1 aromatic carbocycles. The van der Waals surface area contributed by atoms with Gasteiger partial charge in [-0.25, -0.2) is 15.0 Å². The van der Waals surface area contributed by atoms with Gasteiger partial charge in [0.1, 0.15) is 5.03 Å². The summed E-state index contributed by atoms with van der Waals surface area (Å²) < 4.78 is 39.6. The number of carbonyl (C=O) groups excluding carboxylic acids is 1. The highest BCUT2D eigenvalue weighted by molar-refractivity contribution is 8.01. The number of para-hydroxylation sites is 1. The number of alkyl halides is 3. The Balaban J connectivity index is 2.05. The molecule has 0 saturated carbocycles. The molecule has 0 radical (unpaired) electrons. The first-order valence-corrected chi connectivity index (χ1v) is 8.64. The Morgan fingerprint density at radius 1 is 1.24 bits per heavy atom. The van der Waals surface area contributed by atoms with E-state index < -0.39 is 17.9 Å². The Hall–Kier alpha value is -2.20. The van der Waals surface area contributed by atoms with E-state index in [4.69, 9.17) is 5.73 Å². The zero-order valence-corrected chi connectivity index (χ0v) is 14.4. The van der Waals surface area contributed by atoms with Crippen LogP contribution in [0.5, 0.6) is 0 Å². The van der Waals surface area contributed by atoms with Crippen LogP contribution in [0.3, 0.4) is 0 Å². The molecule has 3 rings (SSSR count). The van der Waals surface area contributed by atoms with Gasteiger partial charge in [-0.05, 0) is 24.8 Å². The largest absolute Gasteiger partial charge is 0.451 e. The molecule has 1 amide bonds. The summed E-state index contributed by atoms with van der Waals surface area (Å²) in [6.45, 7) is 1.72. The average Bonchev–Trinajstić information content (AvgIpc) is 2.85. The van der Waals surface area contributed by atoms with Crippen molar-refractivity contribution in [3.8, 4) is 0 Å². The molecule has 25 heavy (non-hydrogen) atoms. The average molecular weight is 384 g/mol. The normalized spacial score (nSPS) is 11.8. The van der Waals surface area contributed by atoms with Crippen LogP contribution in [0.15, 0.2) is 33.6 Å². The summed E-state index contributed by atoms with van der Waals surface area (Å²) in [5.74, 6) is -1.69.